The third kappa shape index (κ3) is 6.11. The van der Waals surface area contributed by atoms with Crippen LogP contribution in [0, 0.1) is 0 Å². The molecule has 0 N–H and O–H groups in total. The maximum absolute atomic E-state index is 7.12. The van der Waals surface area contributed by atoms with Gasteiger partial charge in [-0.2, -0.15) is 0 Å². The minimum atomic E-state index is -0.499. The molecule has 1 heterocycles. The van der Waals surface area contributed by atoms with Crippen LogP contribution in [-0.4, -0.2) is 0 Å². The van der Waals surface area contributed by atoms with Crippen molar-refractivity contribution in [2.24, 2.45) is 0 Å². The first-order valence-electron chi connectivity index (χ1n) is 23.1. The molecule has 0 fully saturated rings. The molecular weight excluding hydrogens is 811 g/mol. The highest BCUT2D eigenvalue weighted by Crippen LogP contribution is 2.57. The van der Waals surface area contributed by atoms with E-state index in [1.165, 1.54) is 49.5 Å². The molecule has 1 aliphatic rings. The number of hydrogen-bond donors (Lipinski definition) is 0. The summed E-state index contributed by atoms with van der Waals surface area (Å²) >= 11 is 0. The summed E-state index contributed by atoms with van der Waals surface area (Å²) in [6.07, 6.45) is 0. The maximum atomic E-state index is 7.12. The predicted molar refractivity (Wildman–Crippen MR) is 280 cm³/mol. The van der Waals surface area contributed by atoms with Gasteiger partial charge in [0.1, 0.15) is 11.3 Å². The smallest absolute Gasteiger partial charge is 0.143 e. The number of rotatable bonds is 8. The fourth-order valence-corrected chi connectivity index (χ4v) is 11.0. The maximum Gasteiger partial charge on any atom is 0.143 e. The van der Waals surface area contributed by atoms with Crippen LogP contribution in [0.5, 0.6) is 0 Å². The Labute approximate surface area is 390 Å². The van der Waals surface area contributed by atoms with Crippen LogP contribution in [-0.2, 0) is 5.41 Å². The van der Waals surface area contributed by atoms with E-state index in [0.29, 0.717) is 0 Å². The van der Waals surface area contributed by atoms with E-state index in [4.69, 9.17) is 4.42 Å². The number of anilines is 3. The number of para-hydroxylation sites is 1. The number of benzene rings is 11. The molecule has 0 radical (unpaired) electrons. The van der Waals surface area contributed by atoms with Gasteiger partial charge in [-0.3, -0.25) is 0 Å². The topological polar surface area (TPSA) is 16.4 Å². The average Bonchev–Trinajstić information content (AvgIpc) is 3.96. The molecular formula is C65H43NO. The second kappa shape index (κ2) is 15.8. The molecule has 1 aromatic heterocycles. The second-order valence-electron chi connectivity index (χ2n) is 17.5. The highest BCUT2D eigenvalue weighted by molar-refractivity contribution is 6.28. The monoisotopic (exact) mass is 853 g/mol. The lowest BCUT2D eigenvalue weighted by Gasteiger charge is -2.35. The van der Waals surface area contributed by atoms with E-state index >= 15 is 0 Å². The van der Waals surface area contributed by atoms with E-state index in [1.54, 1.807) is 0 Å². The van der Waals surface area contributed by atoms with Crippen molar-refractivity contribution < 1.29 is 4.42 Å². The minimum Gasteiger partial charge on any atom is -0.455 e. The van der Waals surface area contributed by atoms with Crippen molar-refractivity contribution in [1.29, 1.82) is 0 Å². The number of fused-ring (bicyclic) bond motifs is 9. The fraction of sp³-hybridized carbons (Fsp3) is 0.0154. The summed E-state index contributed by atoms with van der Waals surface area (Å²) in [5.41, 5.74) is 16.9. The zero-order valence-corrected chi connectivity index (χ0v) is 36.7. The van der Waals surface area contributed by atoms with Crippen LogP contribution in [0.2, 0.25) is 0 Å². The van der Waals surface area contributed by atoms with E-state index in [2.05, 4.69) is 266 Å². The van der Waals surface area contributed by atoms with Gasteiger partial charge < -0.3 is 9.32 Å². The van der Waals surface area contributed by atoms with Crippen molar-refractivity contribution >= 4 is 49.6 Å². The van der Waals surface area contributed by atoms with Gasteiger partial charge in [0.25, 0.3) is 0 Å². The van der Waals surface area contributed by atoms with Crippen molar-refractivity contribution in [2.45, 2.75) is 5.41 Å². The molecule has 0 aliphatic heterocycles. The van der Waals surface area contributed by atoms with E-state index in [-0.39, 0.29) is 0 Å². The van der Waals surface area contributed by atoms with E-state index in [1.807, 2.05) is 0 Å². The Morgan fingerprint density at radius 2 is 0.821 bits per heavy atom. The van der Waals surface area contributed by atoms with Gasteiger partial charge in [0, 0.05) is 39.0 Å². The Morgan fingerprint density at radius 1 is 0.313 bits per heavy atom. The lowest BCUT2D eigenvalue weighted by Crippen LogP contribution is -2.28. The van der Waals surface area contributed by atoms with Crippen LogP contribution in [0.15, 0.2) is 265 Å². The number of furan rings is 1. The molecule has 11 aromatic carbocycles. The van der Waals surface area contributed by atoms with Crippen molar-refractivity contribution in [1.82, 2.24) is 0 Å². The molecule has 12 aromatic rings. The fourth-order valence-electron chi connectivity index (χ4n) is 11.0. The van der Waals surface area contributed by atoms with Gasteiger partial charge >= 0.3 is 0 Å². The van der Waals surface area contributed by atoms with Crippen LogP contribution < -0.4 is 4.90 Å². The third-order valence-corrected chi connectivity index (χ3v) is 13.9. The Morgan fingerprint density at radius 3 is 1.51 bits per heavy atom. The Bertz CT molecular complexity index is 3730. The number of nitrogens with zero attached hydrogens (tertiary/aromatic N) is 1. The average molecular weight is 854 g/mol. The van der Waals surface area contributed by atoms with Gasteiger partial charge in [0.15, 0.2) is 0 Å². The summed E-state index contributed by atoms with van der Waals surface area (Å²) < 4.78 is 7.12. The molecule has 67 heavy (non-hydrogen) atoms. The van der Waals surface area contributed by atoms with E-state index in [9.17, 15) is 0 Å². The first-order valence-corrected chi connectivity index (χ1v) is 23.1. The highest BCUT2D eigenvalue weighted by atomic mass is 16.3. The summed E-state index contributed by atoms with van der Waals surface area (Å²) in [6.45, 7) is 0. The SMILES string of the molecule is c1ccc(-c2oc3c4cc(-c5ccc(N(c6ccccc6)c6ccc7c(c6)C(c6ccccc6)(c6ccccc6)c6ccccc6-7)cc5)ccc4c4ccccc4c3c2-c2ccccc2)cc1. The van der Waals surface area contributed by atoms with Crippen molar-refractivity contribution in [3.8, 4) is 44.7 Å². The van der Waals surface area contributed by atoms with Crippen LogP contribution in [0.3, 0.4) is 0 Å². The second-order valence-corrected chi connectivity index (χ2v) is 17.5. The molecule has 0 spiro atoms. The first-order chi connectivity index (χ1) is 33.3. The number of hydrogen-bond acceptors (Lipinski definition) is 2. The van der Waals surface area contributed by atoms with E-state index in [0.717, 1.165) is 67.0 Å². The molecule has 1 aliphatic carbocycles. The highest BCUT2D eigenvalue weighted by Gasteiger charge is 2.46. The molecule has 0 unspecified atom stereocenters. The lowest BCUT2D eigenvalue weighted by atomic mass is 9.67. The zero-order valence-electron chi connectivity index (χ0n) is 36.7. The molecule has 2 heteroatoms. The van der Waals surface area contributed by atoms with Crippen molar-refractivity contribution in [2.75, 3.05) is 4.90 Å². The summed E-state index contributed by atoms with van der Waals surface area (Å²) in [5.74, 6) is 0.885. The van der Waals surface area contributed by atoms with Crippen molar-refractivity contribution in [3.63, 3.8) is 0 Å². The predicted octanol–water partition coefficient (Wildman–Crippen LogP) is 17.6. The Kier molecular flexibility index (Phi) is 9.11. The quantitative estimate of drug-likeness (QED) is 0.142. The third-order valence-electron chi connectivity index (χ3n) is 13.9. The molecule has 2 nitrogen and oxygen atoms in total. The van der Waals surface area contributed by atoms with Gasteiger partial charge in [-0.05, 0) is 109 Å². The van der Waals surface area contributed by atoms with Gasteiger partial charge in [-0.15, -0.1) is 0 Å². The Balaban J connectivity index is 0.969. The molecule has 0 saturated heterocycles. The molecule has 0 saturated carbocycles. The largest absolute Gasteiger partial charge is 0.455 e. The molecule has 0 amide bonds. The molecule has 0 atom stereocenters. The van der Waals surface area contributed by atoms with Crippen LogP contribution in [0.1, 0.15) is 22.3 Å². The zero-order chi connectivity index (χ0) is 44.3. The summed E-state index contributed by atoms with van der Waals surface area (Å²) in [7, 11) is 0. The molecule has 0 bridgehead atoms. The first kappa shape index (κ1) is 38.7. The lowest BCUT2D eigenvalue weighted by molar-refractivity contribution is 0.636. The summed E-state index contributed by atoms with van der Waals surface area (Å²) in [4.78, 5) is 2.39. The molecule has 13 rings (SSSR count). The summed E-state index contributed by atoms with van der Waals surface area (Å²) in [6, 6.07) is 94.7. The van der Waals surface area contributed by atoms with Crippen molar-refractivity contribution in [3.05, 3.63) is 283 Å². The van der Waals surface area contributed by atoms with Crippen LogP contribution in [0.4, 0.5) is 17.1 Å². The van der Waals surface area contributed by atoms with Gasteiger partial charge in [0.05, 0.1) is 5.41 Å². The van der Waals surface area contributed by atoms with E-state index < -0.39 is 5.41 Å². The standard InChI is InChI=1S/C65H43NO/c1-6-20-45(21-7-1)61-62-57-32-17-16-30-53(57)54-40-36-47(42-58(54)64(62)67-63(61)46-22-8-2-9-23-46)44-34-37-51(38-35-44)66(50-28-14-5-15-29-50)52-39-41-56-55-31-18-19-33-59(55)65(60(56)43-52,48-24-10-3-11-25-48)49-26-12-4-13-27-49/h1-43H. The van der Waals surface area contributed by atoms with Crippen LogP contribution >= 0.6 is 0 Å². The van der Waals surface area contributed by atoms with Crippen LogP contribution in [0.25, 0.3) is 77.2 Å². The summed E-state index contributed by atoms with van der Waals surface area (Å²) in [5, 5.41) is 5.81. The normalized spacial score (nSPS) is 12.6. The molecule has 314 valence electrons. The van der Waals surface area contributed by atoms with Gasteiger partial charge in [-0.1, -0.05) is 218 Å². The minimum absolute atomic E-state index is 0.499. The Hall–Kier alpha value is -8.72. The van der Waals surface area contributed by atoms with Gasteiger partial charge in [0.2, 0.25) is 0 Å². The van der Waals surface area contributed by atoms with Gasteiger partial charge in [-0.25, -0.2) is 0 Å².